The molecule has 2 N–H and O–H groups in total. The first-order chi connectivity index (χ1) is 9.40. The molecule has 7 heteroatoms. The second-order valence-electron chi connectivity index (χ2n) is 4.70. The normalized spacial score (nSPS) is 12.3. The highest BCUT2D eigenvalue weighted by Crippen LogP contribution is 2.29. The van der Waals surface area contributed by atoms with Crippen LogP contribution in [0.3, 0.4) is 0 Å². The highest BCUT2D eigenvalue weighted by Gasteiger charge is 2.25. The van der Waals surface area contributed by atoms with Gasteiger partial charge in [-0.1, -0.05) is 28.1 Å². The van der Waals surface area contributed by atoms with Crippen molar-refractivity contribution in [2.24, 2.45) is 0 Å². The molecule has 0 radical (unpaired) electrons. The van der Waals surface area contributed by atoms with Crippen molar-refractivity contribution in [1.82, 2.24) is 9.78 Å². The van der Waals surface area contributed by atoms with Crippen LogP contribution in [-0.2, 0) is 6.42 Å². The molecule has 0 fully saturated rings. The summed E-state index contributed by atoms with van der Waals surface area (Å²) in [7, 11) is 0. The summed E-state index contributed by atoms with van der Waals surface area (Å²) in [5, 5.41) is 15.1. The molecule has 6 nitrogen and oxygen atoms in total. The summed E-state index contributed by atoms with van der Waals surface area (Å²) in [5.74, 6) is 0.108. The van der Waals surface area contributed by atoms with E-state index in [2.05, 4.69) is 21.0 Å². The smallest absolute Gasteiger partial charge is 0.333 e. The van der Waals surface area contributed by atoms with E-state index in [0.29, 0.717) is 12.1 Å². The Hall–Kier alpha value is -1.89. The number of nitrogen functional groups attached to an aromatic ring is 1. The van der Waals surface area contributed by atoms with E-state index in [1.807, 2.05) is 31.2 Å². The monoisotopic (exact) mass is 338 g/mol. The molecule has 1 unspecified atom stereocenters. The lowest BCUT2D eigenvalue weighted by Crippen LogP contribution is -2.13. The molecule has 0 aliphatic heterocycles. The minimum atomic E-state index is -0.486. The molecule has 20 heavy (non-hydrogen) atoms. The van der Waals surface area contributed by atoms with Gasteiger partial charge in [-0.25, -0.2) is 4.68 Å². The van der Waals surface area contributed by atoms with Gasteiger partial charge in [-0.15, -0.1) is 0 Å². The number of aryl methyl sites for hydroxylation is 1. The molecule has 0 saturated carbocycles. The standard InChI is InChI=1S/C13H15BrN4O2/c1-8(7-10-3-5-11(14)6-4-10)17-13(15)12(18(19)20)9(2)16-17/h3-6,8H,7,15H2,1-2H3. The molecule has 0 saturated heterocycles. The average Bonchev–Trinajstić information content (AvgIpc) is 2.67. The molecular formula is C13H15BrN4O2. The maximum absolute atomic E-state index is 10.9. The fraction of sp³-hybridized carbons (Fsp3) is 0.308. The third-order valence-corrected chi connectivity index (χ3v) is 3.66. The molecule has 1 aromatic carbocycles. The molecule has 106 valence electrons. The summed E-state index contributed by atoms with van der Waals surface area (Å²) in [5.41, 5.74) is 7.19. The van der Waals surface area contributed by atoms with Crippen molar-refractivity contribution in [2.45, 2.75) is 26.3 Å². The molecule has 0 aliphatic carbocycles. The van der Waals surface area contributed by atoms with Crippen molar-refractivity contribution in [3.05, 3.63) is 50.1 Å². The zero-order valence-corrected chi connectivity index (χ0v) is 12.8. The van der Waals surface area contributed by atoms with E-state index in [0.717, 1.165) is 10.0 Å². The topological polar surface area (TPSA) is 87.0 Å². The van der Waals surface area contributed by atoms with Gasteiger partial charge in [0.25, 0.3) is 0 Å². The van der Waals surface area contributed by atoms with E-state index < -0.39 is 4.92 Å². The van der Waals surface area contributed by atoms with E-state index in [-0.39, 0.29) is 17.5 Å². The lowest BCUT2D eigenvalue weighted by Gasteiger charge is -2.13. The van der Waals surface area contributed by atoms with Crippen LogP contribution in [0.25, 0.3) is 0 Å². The molecule has 2 rings (SSSR count). The van der Waals surface area contributed by atoms with Crippen LogP contribution in [0.15, 0.2) is 28.7 Å². The van der Waals surface area contributed by atoms with Gasteiger partial charge in [0.1, 0.15) is 5.69 Å². The third kappa shape index (κ3) is 2.82. The Morgan fingerprint density at radius 1 is 1.45 bits per heavy atom. The molecular weight excluding hydrogens is 324 g/mol. The number of hydrogen-bond donors (Lipinski definition) is 1. The summed E-state index contributed by atoms with van der Waals surface area (Å²) in [6, 6.07) is 7.87. The van der Waals surface area contributed by atoms with Crippen LogP contribution < -0.4 is 5.73 Å². The van der Waals surface area contributed by atoms with Crippen molar-refractivity contribution < 1.29 is 4.92 Å². The summed E-state index contributed by atoms with van der Waals surface area (Å²) >= 11 is 3.38. The quantitative estimate of drug-likeness (QED) is 0.684. The number of hydrogen-bond acceptors (Lipinski definition) is 4. The lowest BCUT2D eigenvalue weighted by atomic mass is 10.1. The van der Waals surface area contributed by atoms with Gasteiger partial charge in [0.05, 0.1) is 11.0 Å². The summed E-state index contributed by atoms with van der Waals surface area (Å²) < 4.78 is 2.54. The van der Waals surface area contributed by atoms with Crippen LogP contribution in [-0.4, -0.2) is 14.7 Å². The molecule has 0 aliphatic rings. The van der Waals surface area contributed by atoms with Gasteiger partial charge >= 0.3 is 5.69 Å². The predicted molar refractivity (Wildman–Crippen MR) is 80.6 cm³/mol. The van der Waals surface area contributed by atoms with E-state index in [9.17, 15) is 10.1 Å². The molecule has 0 spiro atoms. The number of anilines is 1. The minimum Gasteiger partial charge on any atom is -0.378 e. The summed E-state index contributed by atoms with van der Waals surface area (Å²) in [6.45, 7) is 3.53. The average molecular weight is 339 g/mol. The van der Waals surface area contributed by atoms with Gasteiger partial charge in [0, 0.05) is 4.47 Å². The van der Waals surface area contributed by atoms with Gasteiger partial charge in [0.2, 0.25) is 5.82 Å². The number of nitro groups is 1. The van der Waals surface area contributed by atoms with Gasteiger partial charge in [-0.2, -0.15) is 5.10 Å². The van der Waals surface area contributed by atoms with Crippen LogP contribution in [0, 0.1) is 17.0 Å². The summed E-state index contributed by atoms with van der Waals surface area (Å²) in [6.07, 6.45) is 0.704. The van der Waals surface area contributed by atoms with Crippen molar-refractivity contribution in [3.8, 4) is 0 Å². The SMILES string of the molecule is Cc1nn(C(C)Cc2ccc(Br)cc2)c(N)c1[N+](=O)[O-]. The maximum Gasteiger partial charge on any atom is 0.333 e. The van der Waals surface area contributed by atoms with Crippen LogP contribution in [0.4, 0.5) is 11.5 Å². The third-order valence-electron chi connectivity index (χ3n) is 3.13. The van der Waals surface area contributed by atoms with Crippen molar-refractivity contribution in [2.75, 3.05) is 5.73 Å². The number of aromatic nitrogens is 2. The fourth-order valence-electron chi connectivity index (χ4n) is 2.17. The van der Waals surface area contributed by atoms with E-state index in [1.54, 1.807) is 6.92 Å². The van der Waals surface area contributed by atoms with Gasteiger partial charge < -0.3 is 5.73 Å². The number of nitrogens with zero attached hydrogens (tertiary/aromatic N) is 3. The van der Waals surface area contributed by atoms with Gasteiger partial charge in [-0.3, -0.25) is 10.1 Å². The van der Waals surface area contributed by atoms with Crippen LogP contribution in [0.2, 0.25) is 0 Å². The fourth-order valence-corrected chi connectivity index (χ4v) is 2.43. The number of benzene rings is 1. The highest BCUT2D eigenvalue weighted by atomic mass is 79.9. The Morgan fingerprint density at radius 2 is 2.05 bits per heavy atom. The van der Waals surface area contributed by atoms with E-state index >= 15 is 0 Å². The molecule has 0 amide bonds. The number of rotatable bonds is 4. The highest BCUT2D eigenvalue weighted by molar-refractivity contribution is 9.10. The molecule has 1 heterocycles. The van der Waals surface area contributed by atoms with Crippen LogP contribution >= 0.6 is 15.9 Å². The zero-order valence-electron chi connectivity index (χ0n) is 11.2. The zero-order chi connectivity index (χ0) is 14.9. The maximum atomic E-state index is 10.9. The first kappa shape index (κ1) is 14.5. The first-order valence-corrected chi connectivity index (χ1v) is 6.93. The summed E-state index contributed by atoms with van der Waals surface area (Å²) in [4.78, 5) is 10.5. The first-order valence-electron chi connectivity index (χ1n) is 6.13. The van der Waals surface area contributed by atoms with E-state index in [1.165, 1.54) is 4.68 Å². The Morgan fingerprint density at radius 3 is 2.55 bits per heavy atom. The Kier molecular flexibility index (Phi) is 4.08. The second kappa shape index (κ2) is 5.62. The van der Waals surface area contributed by atoms with Crippen LogP contribution in [0.1, 0.15) is 24.2 Å². The predicted octanol–water partition coefficient (Wildman–Crippen LogP) is 3.25. The Bertz CT molecular complexity index is 637. The van der Waals surface area contributed by atoms with Crippen molar-refractivity contribution >= 4 is 27.4 Å². The molecule has 0 bridgehead atoms. The molecule has 1 aromatic heterocycles. The Labute approximate surface area is 124 Å². The minimum absolute atomic E-state index is 0.0522. The van der Waals surface area contributed by atoms with Crippen molar-refractivity contribution in [1.29, 1.82) is 0 Å². The largest absolute Gasteiger partial charge is 0.378 e. The molecule has 2 aromatic rings. The molecule has 1 atom stereocenters. The number of nitrogens with two attached hydrogens (primary N) is 1. The Balaban J connectivity index is 2.25. The van der Waals surface area contributed by atoms with E-state index in [4.69, 9.17) is 5.73 Å². The van der Waals surface area contributed by atoms with Crippen molar-refractivity contribution in [3.63, 3.8) is 0 Å². The second-order valence-corrected chi connectivity index (χ2v) is 5.62. The van der Waals surface area contributed by atoms with Gasteiger partial charge in [-0.05, 0) is 38.0 Å². The van der Waals surface area contributed by atoms with Crippen LogP contribution in [0.5, 0.6) is 0 Å². The number of halogens is 1. The lowest BCUT2D eigenvalue weighted by molar-refractivity contribution is -0.384. The van der Waals surface area contributed by atoms with Gasteiger partial charge in [0.15, 0.2) is 0 Å².